The highest BCUT2D eigenvalue weighted by Gasteiger charge is 2.35. The molecule has 1 unspecified atom stereocenters. The molecule has 2 aliphatic heterocycles. The highest BCUT2D eigenvalue weighted by atomic mass is 16.5. The molecule has 2 saturated heterocycles. The zero-order valence-electron chi connectivity index (χ0n) is 17.2. The number of nitrogens with one attached hydrogen (secondary N) is 2. The normalized spacial score (nSPS) is 30.7. The summed E-state index contributed by atoms with van der Waals surface area (Å²) < 4.78 is 11.9. The molecule has 3 atom stereocenters. The van der Waals surface area contributed by atoms with E-state index in [1.54, 1.807) is 9.80 Å². The minimum Gasteiger partial charge on any atom is -0.457 e. The Bertz CT molecular complexity index is 733. The summed E-state index contributed by atoms with van der Waals surface area (Å²) in [6.07, 6.45) is 3.45. The van der Waals surface area contributed by atoms with E-state index in [4.69, 9.17) is 9.47 Å². The van der Waals surface area contributed by atoms with Gasteiger partial charge in [-0.15, -0.1) is 0 Å². The molecule has 2 aromatic carbocycles. The van der Waals surface area contributed by atoms with Crippen LogP contribution in [0.25, 0.3) is 0 Å². The Labute approximate surface area is 169 Å². The van der Waals surface area contributed by atoms with Crippen molar-refractivity contribution in [1.82, 2.24) is 0 Å². The van der Waals surface area contributed by atoms with Crippen LogP contribution in [0.5, 0.6) is 11.5 Å². The maximum absolute atomic E-state index is 6.00. The second-order valence-electron chi connectivity index (χ2n) is 8.59. The van der Waals surface area contributed by atoms with E-state index in [9.17, 15) is 0 Å². The fraction of sp³-hybridized carbons (Fsp3) is 0.500. The number of morpholine rings is 1. The number of para-hydroxylation sites is 1. The summed E-state index contributed by atoms with van der Waals surface area (Å²) in [5.41, 5.74) is 1.36. The van der Waals surface area contributed by atoms with Crippen molar-refractivity contribution in [2.45, 2.75) is 51.5 Å². The van der Waals surface area contributed by atoms with Crippen molar-refractivity contribution >= 4 is 0 Å². The van der Waals surface area contributed by atoms with Crippen LogP contribution in [-0.4, -0.2) is 44.4 Å². The van der Waals surface area contributed by atoms with Crippen LogP contribution in [0.15, 0.2) is 54.6 Å². The molecule has 4 heteroatoms. The van der Waals surface area contributed by atoms with E-state index in [1.165, 1.54) is 44.6 Å². The van der Waals surface area contributed by atoms with Crippen molar-refractivity contribution < 1.29 is 19.3 Å². The summed E-state index contributed by atoms with van der Waals surface area (Å²) in [7, 11) is 0. The largest absolute Gasteiger partial charge is 0.457 e. The van der Waals surface area contributed by atoms with E-state index in [0.29, 0.717) is 12.2 Å². The van der Waals surface area contributed by atoms with Gasteiger partial charge in [-0.3, -0.25) is 0 Å². The molecular formula is C24H34N2O2+2. The molecule has 2 aliphatic rings. The first kappa shape index (κ1) is 19.4. The van der Waals surface area contributed by atoms with E-state index in [0.717, 1.165) is 24.1 Å². The molecule has 0 radical (unpaired) electrons. The third kappa shape index (κ3) is 5.13. The summed E-state index contributed by atoms with van der Waals surface area (Å²) in [6.45, 7) is 10.4. The SMILES string of the molecule is C[C@@H]1C[NH+](C2CC[NH+](Cc3cccc(Oc4ccccc4)c3)CC2)C[C@H](C)O1. The van der Waals surface area contributed by atoms with Gasteiger partial charge >= 0.3 is 0 Å². The van der Waals surface area contributed by atoms with Crippen molar-refractivity contribution in [3.63, 3.8) is 0 Å². The van der Waals surface area contributed by atoms with E-state index < -0.39 is 0 Å². The molecule has 28 heavy (non-hydrogen) atoms. The lowest BCUT2D eigenvalue weighted by atomic mass is 10.0. The molecule has 2 aromatic rings. The molecule has 2 fully saturated rings. The number of benzene rings is 2. The van der Waals surface area contributed by atoms with Crippen LogP contribution in [0.3, 0.4) is 0 Å². The lowest BCUT2D eigenvalue weighted by molar-refractivity contribution is -0.970. The quantitative estimate of drug-likeness (QED) is 0.824. The van der Waals surface area contributed by atoms with Crippen molar-refractivity contribution in [2.75, 3.05) is 26.2 Å². The van der Waals surface area contributed by atoms with Crippen LogP contribution >= 0.6 is 0 Å². The van der Waals surface area contributed by atoms with Crippen molar-refractivity contribution in [3.8, 4) is 11.5 Å². The molecule has 0 aromatic heterocycles. The zero-order valence-corrected chi connectivity index (χ0v) is 17.2. The third-order valence-corrected chi connectivity index (χ3v) is 6.17. The van der Waals surface area contributed by atoms with Crippen molar-refractivity contribution in [2.24, 2.45) is 0 Å². The average molecular weight is 383 g/mol. The molecule has 0 spiro atoms. The number of likely N-dealkylation sites (tertiary alicyclic amines) is 1. The first-order valence-corrected chi connectivity index (χ1v) is 10.8. The Kier molecular flexibility index (Phi) is 6.30. The Morgan fingerprint density at radius 3 is 2.29 bits per heavy atom. The Hall–Kier alpha value is -1.88. The monoisotopic (exact) mass is 382 g/mol. The van der Waals surface area contributed by atoms with E-state index >= 15 is 0 Å². The molecule has 0 aliphatic carbocycles. The van der Waals surface area contributed by atoms with Gasteiger partial charge in [0.2, 0.25) is 0 Å². The number of quaternary nitrogens is 2. The minimum atomic E-state index is 0.400. The zero-order chi connectivity index (χ0) is 19.3. The van der Waals surface area contributed by atoms with E-state index in [-0.39, 0.29) is 0 Å². The second-order valence-corrected chi connectivity index (χ2v) is 8.59. The van der Waals surface area contributed by atoms with Gasteiger partial charge in [0, 0.05) is 18.4 Å². The fourth-order valence-electron chi connectivity index (χ4n) is 4.89. The van der Waals surface area contributed by atoms with Gasteiger partial charge in [-0.05, 0) is 38.1 Å². The number of hydrogen-bond acceptors (Lipinski definition) is 2. The second kappa shape index (κ2) is 9.08. The third-order valence-electron chi connectivity index (χ3n) is 6.17. The maximum Gasteiger partial charge on any atom is 0.127 e. The van der Waals surface area contributed by atoms with E-state index in [1.807, 2.05) is 36.4 Å². The first-order valence-electron chi connectivity index (χ1n) is 10.8. The number of hydrogen-bond donors (Lipinski definition) is 2. The van der Waals surface area contributed by atoms with Gasteiger partial charge in [0.05, 0.1) is 19.1 Å². The Morgan fingerprint density at radius 1 is 0.893 bits per heavy atom. The molecule has 4 rings (SSSR count). The van der Waals surface area contributed by atoms with Gasteiger partial charge in [-0.1, -0.05) is 30.3 Å². The van der Waals surface area contributed by atoms with E-state index in [2.05, 4.69) is 32.0 Å². The molecule has 2 heterocycles. The molecule has 0 amide bonds. The summed E-state index contributed by atoms with van der Waals surface area (Å²) in [5.74, 6) is 1.82. The number of piperidine rings is 1. The van der Waals surface area contributed by atoms with Crippen LogP contribution in [0.2, 0.25) is 0 Å². The fourth-order valence-corrected chi connectivity index (χ4v) is 4.89. The van der Waals surface area contributed by atoms with Crippen molar-refractivity contribution in [3.05, 3.63) is 60.2 Å². The smallest absolute Gasteiger partial charge is 0.127 e. The van der Waals surface area contributed by atoms with Crippen LogP contribution in [0.1, 0.15) is 32.3 Å². The lowest BCUT2D eigenvalue weighted by Gasteiger charge is -2.39. The molecule has 2 N–H and O–H groups in total. The molecule has 4 nitrogen and oxygen atoms in total. The van der Waals surface area contributed by atoms with Crippen LogP contribution < -0.4 is 14.5 Å². The number of rotatable bonds is 5. The highest BCUT2D eigenvalue weighted by Crippen LogP contribution is 2.21. The molecule has 0 saturated carbocycles. The topological polar surface area (TPSA) is 27.3 Å². The predicted molar refractivity (Wildman–Crippen MR) is 111 cm³/mol. The molecular weight excluding hydrogens is 348 g/mol. The summed E-state index contributed by atoms with van der Waals surface area (Å²) in [6, 6.07) is 19.4. The molecule has 150 valence electrons. The maximum atomic E-state index is 6.00. The van der Waals surface area contributed by atoms with Crippen LogP contribution in [-0.2, 0) is 11.3 Å². The predicted octanol–water partition coefficient (Wildman–Crippen LogP) is 1.72. The van der Waals surface area contributed by atoms with Gasteiger partial charge in [0.15, 0.2) is 0 Å². The standard InChI is InChI=1S/C24H32N2O2/c1-19-16-26(17-20(2)27-19)22-11-13-25(14-12-22)18-21-7-6-10-24(15-21)28-23-8-4-3-5-9-23/h3-10,15,19-20,22H,11-14,16-18H2,1-2H3/p+2/t19-,20+. The van der Waals surface area contributed by atoms with Gasteiger partial charge in [0.25, 0.3) is 0 Å². The van der Waals surface area contributed by atoms with Gasteiger partial charge < -0.3 is 19.3 Å². The van der Waals surface area contributed by atoms with Crippen LogP contribution in [0, 0.1) is 0 Å². The Morgan fingerprint density at radius 2 is 1.57 bits per heavy atom. The van der Waals surface area contributed by atoms with Crippen LogP contribution in [0.4, 0.5) is 0 Å². The first-order chi connectivity index (χ1) is 13.7. The Balaban J connectivity index is 1.29. The van der Waals surface area contributed by atoms with Gasteiger partial charge in [-0.2, -0.15) is 0 Å². The minimum absolute atomic E-state index is 0.400. The van der Waals surface area contributed by atoms with Gasteiger partial charge in [0.1, 0.15) is 43.3 Å². The summed E-state index contributed by atoms with van der Waals surface area (Å²) in [5, 5.41) is 0. The number of ether oxygens (including phenoxy) is 2. The highest BCUT2D eigenvalue weighted by molar-refractivity contribution is 5.33. The molecule has 0 bridgehead atoms. The summed E-state index contributed by atoms with van der Waals surface area (Å²) >= 11 is 0. The summed E-state index contributed by atoms with van der Waals surface area (Å²) in [4.78, 5) is 3.46. The lowest BCUT2D eigenvalue weighted by Crippen LogP contribution is -3.22. The van der Waals surface area contributed by atoms with Gasteiger partial charge in [-0.25, -0.2) is 0 Å². The average Bonchev–Trinajstić information content (AvgIpc) is 2.69. The van der Waals surface area contributed by atoms with Crippen molar-refractivity contribution in [1.29, 1.82) is 0 Å².